The Bertz CT molecular complexity index is 943. The van der Waals surface area contributed by atoms with Gasteiger partial charge in [0.2, 0.25) is 5.91 Å². The van der Waals surface area contributed by atoms with E-state index in [0.717, 1.165) is 4.88 Å². The second kappa shape index (κ2) is 11.5. The molecule has 2 aromatic rings. The topological polar surface area (TPSA) is 86.3 Å². The molecule has 0 fully saturated rings. The highest BCUT2D eigenvalue weighted by molar-refractivity contribution is 7.10. The van der Waals surface area contributed by atoms with Crippen molar-refractivity contribution in [1.29, 1.82) is 0 Å². The predicted octanol–water partition coefficient (Wildman–Crippen LogP) is 3.58. The summed E-state index contributed by atoms with van der Waals surface area (Å²) in [6.45, 7) is 5.26. The number of fused-ring (bicyclic) bond motifs is 1. The minimum atomic E-state index is -0.612. The summed E-state index contributed by atoms with van der Waals surface area (Å²) in [5.41, 5.74) is 1.06. The highest BCUT2D eigenvalue weighted by Gasteiger charge is 2.44. The number of carbonyl (C=O) groups is 2. The summed E-state index contributed by atoms with van der Waals surface area (Å²) >= 11 is 1.52. The Morgan fingerprint density at radius 3 is 2.39 bits per heavy atom. The maximum Gasteiger partial charge on any atom is 0.254 e. The fourth-order valence-corrected chi connectivity index (χ4v) is 5.06. The Balaban J connectivity index is 1.95. The van der Waals surface area contributed by atoms with Gasteiger partial charge < -0.3 is 29.2 Å². The summed E-state index contributed by atoms with van der Waals surface area (Å²) in [6.07, 6.45) is 0.151. The van der Waals surface area contributed by atoms with Gasteiger partial charge in [-0.2, -0.15) is 0 Å². The van der Waals surface area contributed by atoms with Gasteiger partial charge in [-0.3, -0.25) is 9.59 Å². The SMILES string of the molecule is CCOC(CCNC(=O)[C@@H]1c2cc(OC)c(OC)cc2C(=O)N(C)[C@H]1c1cccs1)OCC. The lowest BCUT2D eigenvalue weighted by Gasteiger charge is -2.39. The van der Waals surface area contributed by atoms with Crippen molar-refractivity contribution in [3.8, 4) is 11.5 Å². The van der Waals surface area contributed by atoms with Crippen molar-refractivity contribution in [3.05, 3.63) is 45.6 Å². The molecule has 1 aromatic heterocycles. The number of nitrogens with one attached hydrogen (secondary N) is 1. The van der Waals surface area contributed by atoms with E-state index < -0.39 is 12.0 Å². The first-order valence-electron chi connectivity index (χ1n) is 11.0. The number of rotatable bonds is 11. The van der Waals surface area contributed by atoms with Crippen LogP contribution in [-0.4, -0.2) is 64.0 Å². The number of hydrogen-bond donors (Lipinski definition) is 1. The lowest BCUT2D eigenvalue weighted by Crippen LogP contribution is -2.45. The average Bonchev–Trinajstić information content (AvgIpc) is 3.35. The Morgan fingerprint density at radius 2 is 1.82 bits per heavy atom. The van der Waals surface area contributed by atoms with Crippen LogP contribution in [0.2, 0.25) is 0 Å². The second-order valence-electron chi connectivity index (χ2n) is 7.57. The van der Waals surface area contributed by atoms with E-state index in [9.17, 15) is 9.59 Å². The van der Waals surface area contributed by atoms with Crippen LogP contribution in [0.15, 0.2) is 29.6 Å². The van der Waals surface area contributed by atoms with Gasteiger partial charge in [0.05, 0.1) is 26.2 Å². The van der Waals surface area contributed by atoms with Crippen molar-refractivity contribution in [1.82, 2.24) is 10.2 Å². The third-order valence-corrected chi connectivity index (χ3v) is 6.62. The molecule has 0 bridgehead atoms. The number of benzene rings is 1. The molecule has 0 radical (unpaired) electrons. The Kier molecular flexibility index (Phi) is 8.71. The zero-order valence-corrected chi connectivity index (χ0v) is 20.6. The molecule has 0 saturated carbocycles. The molecule has 3 rings (SSSR count). The van der Waals surface area contributed by atoms with Crippen LogP contribution in [0.3, 0.4) is 0 Å². The number of ether oxygens (including phenoxy) is 4. The van der Waals surface area contributed by atoms with Crippen molar-refractivity contribution in [2.45, 2.75) is 38.5 Å². The molecular weight excluding hydrogens is 444 g/mol. The molecule has 0 aliphatic carbocycles. The Labute approximate surface area is 198 Å². The lowest BCUT2D eigenvalue weighted by molar-refractivity contribution is -0.140. The van der Waals surface area contributed by atoms with Gasteiger partial charge in [0.15, 0.2) is 17.8 Å². The molecule has 1 aliphatic rings. The molecule has 8 nitrogen and oxygen atoms in total. The fraction of sp³-hybridized carbons (Fsp3) is 0.500. The van der Waals surface area contributed by atoms with Crippen molar-refractivity contribution in [2.24, 2.45) is 0 Å². The maximum absolute atomic E-state index is 13.6. The minimum Gasteiger partial charge on any atom is -0.493 e. The molecule has 1 N–H and O–H groups in total. The number of methoxy groups -OCH3 is 2. The van der Waals surface area contributed by atoms with E-state index in [1.54, 1.807) is 24.1 Å². The molecule has 0 saturated heterocycles. The van der Waals surface area contributed by atoms with Crippen molar-refractivity contribution < 1.29 is 28.5 Å². The second-order valence-corrected chi connectivity index (χ2v) is 8.55. The largest absolute Gasteiger partial charge is 0.493 e. The van der Waals surface area contributed by atoms with Crippen molar-refractivity contribution >= 4 is 23.2 Å². The van der Waals surface area contributed by atoms with Crippen LogP contribution in [-0.2, 0) is 14.3 Å². The zero-order valence-electron chi connectivity index (χ0n) is 19.8. The fourth-order valence-electron chi connectivity index (χ4n) is 4.16. The highest BCUT2D eigenvalue weighted by Crippen LogP contribution is 2.46. The monoisotopic (exact) mass is 476 g/mol. The summed E-state index contributed by atoms with van der Waals surface area (Å²) in [6, 6.07) is 6.83. The molecule has 0 unspecified atom stereocenters. The molecule has 1 aliphatic heterocycles. The summed E-state index contributed by atoms with van der Waals surface area (Å²) in [4.78, 5) is 29.4. The molecular formula is C24H32N2O6S. The highest BCUT2D eigenvalue weighted by atomic mass is 32.1. The third kappa shape index (κ3) is 5.31. The molecule has 180 valence electrons. The first-order chi connectivity index (χ1) is 16.0. The smallest absolute Gasteiger partial charge is 0.254 e. The molecule has 2 heterocycles. The Morgan fingerprint density at radius 1 is 1.15 bits per heavy atom. The minimum absolute atomic E-state index is 0.166. The summed E-state index contributed by atoms with van der Waals surface area (Å²) in [5.74, 6) is -0.0278. The van der Waals surface area contributed by atoms with Gasteiger partial charge >= 0.3 is 0 Å². The van der Waals surface area contributed by atoms with Crippen LogP contribution in [0.1, 0.15) is 53.0 Å². The summed E-state index contributed by atoms with van der Waals surface area (Å²) in [5, 5.41) is 4.98. The number of carbonyl (C=O) groups excluding carboxylic acids is 2. The van der Waals surface area contributed by atoms with Crippen LogP contribution in [0.4, 0.5) is 0 Å². The Hall–Kier alpha value is -2.62. The van der Waals surface area contributed by atoms with Gasteiger partial charge in [-0.05, 0) is 43.0 Å². The van der Waals surface area contributed by atoms with E-state index in [1.807, 2.05) is 31.4 Å². The molecule has 9 heteroatoms. The third-order valence-electron chi connectivity index (χ3n) is 5.68. The standard InChI is InChI=1S/C24H32N2O6S/c1-6-31-20(32-7-2)10-11-25-23(27)21-15-13-17(29-4)18(30-5)14-16(15)24(28)26(3)22(21)19-9-8-12-33-19/h8-9,12-14,20-22H,6-7,10-11H2,1-5H3,(H,25,27)/t21-,22+/m1/s1. The van der Waals surface area contributed by atoms with Gasteiger partial charge in [-0.1, -0.05) is 6.07 Å². The van der Waals surface area contributed by atoms with E-state index >= 15 is 0 Å². The van der Waals surface area contributed by atoms with Crippen molar-refractivity contribution in [3.63, 3.8) is 0 Å². The van der Waals surface area contributed by atoms with Crippen LogP contribution < -0.4 is 14.8 Å². The number of amides is 2. The van der Waals surface area contributed by atoms with Gasteiger partial charge in [-0.15, -0.1) is 11.3 Å². The molecule has 33 heavy (non-hydrogen) atoms. The van der Waals surface area contributed by atoms with E-state index in [-0.39, 0.29) is 18.1 Å². The zero-order chi connectivity index (χ0) is 24.0. The predicted molar refractivity (Wildman–Crippen MR) is 126 cm³/mol. The van der Waals surface area contributed by atoms with Crippen LogP contribution in [0.5, 0.6) is 11.5 Å². The first-order valence-corrected chi connectivity index (χ1v) is 11.9. The van der Waals surface area contributed by atoms with Crippen LogP contribution in [0, 0.1) is 0 Å². The first kappa shape index (κ1) is 25.0. The van der Waals surface area contributed by atoms with Gasteiger partial charge in [0.1, 0.15) is 0 Å². The quantitative estimate of drug-likeness (QED) is 0.499. The molecule has 2 amide bonds. The summed E-state index contributed by atoms with van der Waals surface area (Å²) < 4.78 is 22.0. The van der Waals surface area contributed by atoms with Crippen LogP contribution >= 0.6 is 11.3 Å². The van der Waals surface area contributed by atoms with E-state index in [1.165, 1.54) is 25.6 Å². The normalized spacial score (nSPS) is 17.8. The lowest BCUT2D eigenvalue weighted by atomic mass is 9.81. The molecule has 0 spiro atoms. The van der Waals surface area contributed by atoms with E-state index in [2.05, 4.69) is 5.32 Å². The van der Waals surface area contributed by atoms with Gasteiger partial charge in [0, 0.05) is 43.7 Å². The van der Waals surface area contributed by atoms with E-state index in [0.29, 0.717) is 48.8 Å². The average molecular weight is 477 g/mol. The number of likely N-dealkylation sites (N-methyl/N-ethyl adjacent to an activating group) is 1. The molecule has 2 atom stereocenters. The molecule has 1 aromatic carbocycles. The van der Waals surface area contributed by atoms with Gasteiger partial charge in [-0.25, -0.2) is 0 Å². The number of nitrogens with zero attached hydrogens (tertiary/aromatic N) is 1. The van der Waals surface area contributed by atoms with E-state index in [4.69, 9.17) is 18.9 Å². The van der Waals surface area contributed by atoms with Gasteiger partial charge in [0.25, 0.3) is 5.91 Å². The van der Waals surface area contributed by atoms with Crippen LogP contribution in [0.25, 0.3) is 0 Å². The van der Waals surface area contributed by atoms with Crippen molar-refractivity contribution in [2.75, 3.05) is 41.0 Å². The maximum atomic E-state index is 13.6. The number of hydrogen-bond acceptors (Lipinski definition) is 7. The summed E-state index contributed by atoms with van der Waals surface area (Å²) in [7, 11) is 4.79. The number of thiophene rings is 1.